The molecule has 0 radical (unpaired) electrons. The number of nitrogens with two attached hydrogens (primary N) is 1. The Morgan fingerprint density at radius 1 is 1.39 bits per heavy atom. The van der Waals surface area contributed by atoms with Crippen molar-refractivity contribution < 1.29 is 13.9 Å². The Hall–Kier alpha value is -1.50. The number of carbonyl (C=O) groups excluding carboxylic acids is 1. The molecule has 1 fully saturated rings. The van der Waals surface area contributed by atoms with Gasteiger partial charge < -0.3 is 10.5 Å². The predicted molar refractivity (Wildman–Crippen MR) is 87.4 cm³/mol. The molecule has 0 saturated carbocycles. The number of carbonyl (C=O) groups is 1. The van der Waals surface area contributed by atoms with E-state index < -0.39 is 11.9 Å². The first-order valence-corrected chi connectivity index (χ1v) is 8.13. The number of primary amides is 1. The summed E-state index contributed by atoms with van der Waals surface area (Å²) in [5, 5.41) is 0. The van der Waals surface area contributed by atoms with Crippen molar-refractivity contribution in [2.75, 3.05) is 39.4 Å². The van der Waals surface area contributed by atoms with Gasteiger partial charge in [0.1, 0.15) is 11.9 Å². The Morgan fingerprint density at radius 2 is 2.09 bits per heavy atom. The summed E-state index contributed by atoms with van der Waals surface area (Å²) in [5.74, 6) is -0.711. The molecule has 2 rings (SSSR count). The van der Waals surface area contributed by atoms with Crippen LogP contribution in [0, 0.1) is 5.82 Å². The third-order valence-corrected chi connectivity index (χ3v) is 4.34. The van der Waals surface area contributed by atoms with E-state index >= 15 is 0 Å². The summed E-state index contributed by atoms with van der Waals surface area (Å²) in [6.07, 6.45) is 0. The van der Waals surface area contributed by atoms with Crippen LogP contribution >= 0.6 is 0 Å². The third kappa shape index (κ3) is 4.73. The molecule has 1 aromatic rings. The molecule has 1 aromatic carbocycles. The molecule has 1 aliphatic heterocycles. The average molecular weight is 323 g/mol. The van der Waals surface area contributed by atoms with Crippen molar-refractivity contribution in [2.45, 2.75) is 25.9 Å². The highest BCUT2D eigenvalue weighted by molar-refractivity contribution is 5.81. The van der Waals surface area contributed by atoms with Gasteiger partial charge in [0, 0.05) is 38.8 Å². The number of nitrogens with zero attached hydrogens (tertiary/aromatic N) is 2. The van der Waals surface area contributed by atoms with Gasteiger partial charge in [-0.05, 0) is 31.5 Å². The van der Waals surface area contributed by atoms with Crippen LogP contribution in [0.4, 0.5) is 4.39 Å². The number of benzene rings is 1. The topological polar surface area (TPSA) is 58.8 Å². The molecular formula is C17H26FN3O2. The highest BCUT2D eigenvalue weighted by Gasteiger charge is 2.32. The fourth-order valence-corrected chi connectivity index (χ4v) is 3.12. The molecule has 6 heteroatoms. The average Bonchev–Trinajstić information content (AvgIpc) is 2.51. The van der Waals surface area contributed by atoms with E-state index in [-0.39, 0.29) is 5.82 Å². The largest absolute Gasteiger partial charge is 0.380 e. The summed E-state index contributed by atoms with van der Waals surface area (Å²) in [6, 6.07) is 5.81. The minimum Gasteiger partial charge on any atom is -0.380 e. The molecule has 1 saturated heterocycles. The molecule has 0 unspecified atom stereocenters. The van der Waals surface area contributed by atoms with Crippen molar-refractivity contribution in [1.82, 2.24) is 9.80 Å². The molecule has 1 aliphatic rings. The Bertz CT molecular complexity index is 509. The van der Waals surface area contributed by atoms with Gasteiger partial charge in [-0.15, -0.1) is 0 Å². The molecular weight excluding hydrogens is 297 g/mol. The van der Waals surface area contributed by atoms with Crippen molar-refractivity contribution in [3.8, 4) is 0 Å². The fourth-order valence-electron chi connectivity index (χ4n) is 3.12. The van der Waals surface area contributed by atoms with Crippen molar-refractivity contribution in [3.05, 3.63) is 35.6 Å². The van der Waals surface area contributed by atoms with Gasteiger partial charge in [-0.2, -0.15) is 0 Å². The van der Waals surface area contributed by atoms with Crippen LogP contribution in [0.25, 0.3) is 0 Å². The quantitative estimate of drug-likeness (QED) is 0.771. The fraction of sp³-hybridized carbons (Fsp3) is 0.588. The molecule has 128 valence electrons. The van der Waals surface area contributed by atoms with Gasteiger partial charge in [0.2, 0.25) is 5.91 Å². The molecule has 1 heterocycles. The van der Waals surface area contributed by atoms with Crippen LogP contribution in [0.1, 0.15) is 25.5 Å². The van der Waals surface area contributed by atoms with Crippen LogP contribution in [0.2, 0.25) is 0 Å². The van der Waals surface area contributed by atoms with E-state index in [2.05, 4.69) is 16.7 Å². The number of ether oxygens (including phenoxy) is 1. The Balaban J connectivity index is 2.02. The van der Waals surface area contributed by atoms with Crippen molar-refractivity contribution in [1.29, 1.82) is 0 Å². The highest BCUT2D eigenvalue weighted by atomic mass is 19.1. The first-order chi connectivity index (χ1) is 11.0. The molecule has 2 N–H and O–H groups in total. The van der Waals surface area contributed by atoms with E-state index in [1.807, 2.05) is 6.92 Å². The highest BCUT2D eigenvalue weighted by Crippen LogP contribution is 2.24. The Morgan fingerprint density at radius 3 is 2.65 bits per heavy atom. The lowest BCUT2D eigenvalue weighted by Gasteiger charge is -2.42. The van der Waals surface area contributed by atoms with Crippen LogP contribution in [0.3, 0.4) is 0 Å². The minimum absolute atomic E-state index is 0.312. The zero-order valence-corrected chi connectivity index (χ0v) is 13.9. The third-order valence-electron chi connectivity index (χ3n) is 4.34. The molecule has 0 aromatic heterocycles. The number of halogens is 1. The maximum atomic E-state index is 13.1. The number of rotatable bonds is 7. The Kier molecular flexibility index (Phi) is 6.50. The molecule has 2 atom stereocenters. The van der Waals surface area contributed by atoms with Gasteiger partial charge in [-0.25, -0.2) is 4.39 Å². The number of hydrogen-bond donors (Lipinski definition) is 1. The zero-order chi connectivity index (χ0) is 16.8. The van der Waals surface area contributed by atoms with Crippen molar-refractivity contribution in [2.24, 2.45) is 5.73 Å². The second-order valence-electron chi connectivity index (χ2n) is 5.93. The van der Waals surface area contributed by atoms with Gasteiger partial charge in [-0.1, -0.05) is 12.1 Å². The number of amides is 1. The summed E-state index contributed by atoms with van der Waals surface area (Å²) in [4.78, 5) is 16.4. The van der Waals surface area contributed by atoms with Crippen molar-refractivity contribution >= 4 is 5.91 Å². The summed E-state index contributed by atoms with van der Waals surface area (Å²) < 4.78 is 18.5. The van der Waals surface area contributed by atoms with E-state index in [0.29, 0.717) is 6.04 Å². The van der Waals surface area contributed by atoms with Gasteiger partial charge in [-0.3, -0.25) is 14.6 Å². The van der Waals surface area contributed by atoms with Crippen molar-refractivity contribution in [3.63, 3.8) is 0 Å². The maximum absolute atomic E-state index is 13.1. The van der Waals surface area contributed by atoms with Gasteiger partial charge in [0.25, 0.3) is 0 Å². The summed E-state index contributed by atoms with van der Waals surface area (Å²) in [6.45, 7) is 8.82. The second-order valence-corrected chi connectivity index (χ2v) is 5.93. The second kappa shape index (κ2) is 8.38. The smallest absolute Gasteiger partial charge is 0.239 e. The van der Waals surface area contributed by atoms with Gasteiger partial charge >= 0.3 is 0 Å². The molecule has 0 spiro atoms. The molecule has 23 heavy (non-hydrogen) atoms. The minimum atomic E-state index is -0.507. The van der Waals surface area contributed by atoms with Gasteiger partial charge in [0.05, 0.1) is 6.61 Å². The molecule has 5 nitrogen and oxygen atoms in total. The molecule has 0 aliphatic carbocycles. The van der Waals surface area contributed by atoms with Crippen LogP contribution in [-0.4, -0.2) is 61.1 Å². The SMILES string of the molecule is CCOCCN1CCN([C@H](C(N)=O)c2ccc(F)cc2)C[C@H]1C. The monoisotopic (exact) mass is 323 g/mol. The predicted octanol–water partition coefficient (Wildman–Crippen LogP) is 1.39. The maximum Gasteiger partial charge on any atom is 0.239 e. The molecule has 1 amide bonds. The number of piperazine rings is 1. The van der Waals surface area contributed by atoms with Crippen LogP contribution < -0.4 is 5.73 Å². The van der Waals surface area contributed by atoms with Crippen LogP contribution in [0.5, 0.6) is 0 Å². The van der Waals surface area contributed by atoms with E-state index in [9.17, 15) is 9.18 Å². The lowest BCUT2D eigenvalue weighted by molar-refractivity contribution is -0.124. The lowest BCUT2D eigenvalue weighted by atomic mass is 10.0. The Labute approximate surface area is 137 Å². The van der Waals surface area contributed by atoms with Gasteiger partial charge in [0.15, 0.2) is 0 Å². The standard InChI is InChI=1S/C17H26FN3O2/c1-3-23-11-10-20-8-9-21(12-13(20)2)16(17(19)22)14-4-6-15(18)7-5-14/h4-7,13,16H,3,8-12H2,1-2H3,(H2,19,22)/t13-,16+/m1/s1. The summed E-state index contributed by atoms with van der Waals surface area (Å²) >= 11 is 0. The van der Waals surface area contributed by atoms with E-state index in [1.165, 1.54) is 12.1 Å². The van der Waals surface area contributed by atoms with Crippen LogP contribution in [0.15, 0.2) is 24.3 Å². The number of hydrogen-bond acceptors (Lipinski definition) is 4. The van der Waals surface area contributed by atoms with E-state index in [0.717, 1.165) is 45.0 Å². The van der Waals surface area contributed by atoms with E-state index in [1.54, 1.807) is 12.1 Å². The zero-order valence-electron chi connectivity index (χ0n) is 13.9. The lowest BCUT2D eigenvalue weighted by Crippen LogP contribution is -2.55. The normalized spacial score (nSPS) is 21.3. The summed E-state index contributed by atoms with van der Waals surface area (Å²) in [5.41, 5.74) is 6.35. The molecule has 0 bridgehead atoms. The first-order valence-electron chi connectivity index (χ1n) is 8.13. The first kappa shape index (κ1) is 17.8. The van der Waals surface area contributed by atoms with Crippen LogP contribution in [-0.2, 0) is 9.53 Å². The van der Waals surface area contributed by atoms with E-state index in [4.69, 9.17) is 10.5 Å². The summed E-state index contributed by atoms with van der Waals surface area (Å²) in [7, 11) is 0.